The number of aromatic nitrogens is 1. The van der Waals surface area contributed by atoms with Crippen molar-refractivity contribution in [3.8, 4) is 0 Å². The standard InChI is InChI=1S/C10H14N4O/c11-9-3-1-2-8(13-9)10(15)14-6-4-12-5-7-14/h1-3,12H,4-7H2,(H2,11,13). The van der Waals surface area contributed by atoms with Crippen molar-refractivity contribution in [3.63, 3.8) is 0 Å². The predicted molar refractivity (Wildman–Crippen MR) is 57.4 cm³/mol. The number of nitrogens with zero attached hydrogens (tertiary/aromatic N) is 2. The molecule has 1 aliphatic heterocycles. The van der Waals surface area contributed by atoms with Crippen LogP contribution in [-0.2, 0) is 0 Å². The van der Waals surface area contributed by atoms with Crippen LogP contribution in [0.1, 0.15) is 10.5 Å². The van der Waals surface area contributed by atoms with Crippen LogP contribution in [-0.4, -0.2) is 42.0 Å². The second-order valence-corrected chi connectivity index (χ2v) is 3.49. The molecular weight excluding hydrogens is 192 g/mol. The first-order valence-corrected chi connectivity index (χ1v) is 5.00. The summed E-state index contributed by atoms with van der Waals surface area (Å²) in [5.74, 6) is 0.347. The first kappa shape index (κ1) is 9.92. The highest BCUT2D eigenvalue weighted by atomic mass is 16.2. The molecule has 1 aromatic heterocycles. The van der Waals surface area contributed by atoms with Gasteiger partial charge in [-0.2, -0.15) is 0 Å². The number of nitrogens with one attached hydrogen (secondary N) is 1. The summed E-state index contributed by atoms with van der Waals surface area (Å²) >= 11 is 0. The second kappa shape index (κ2) is 4.27. The Labute approximate surface area is 88.3 Å². The van der Waals surface area contributed by atoms with Gasteiger partial charge in [0, 0.05) is 26.2 Å². The summed E-state index contributed by atoms with van der Waals surface area (Å²) in [4.78, 5) is 17.7. The fourth-order valence-electron chi connectivity index (χ4n) is 1.60. The predicted octanol–water partition coefficient (Wildman–Crippen LogP) is -0.291. The van der Waals surface area contributed by atoms with Gasteiger partial charge >= 0.3 is 0 Å². The summed E-state index contributed by atoms with van der Waals surface area (Å²) in [6.45, 7) is 3.15. The maximum Gasteiger partial charge on any atom is 0.272 e. The summed E-state index contributed by atoms with van der Waals surface area (Å²) in [5.41, 5.74) is 5.96. The monoisotopic (exact) mass is 206 g/mol. The van der Waals surface area contributed by atoms with Crippen molar-refractivity contribution < 1.29 is 4.79 Å². The van der Waals surface area contributed by atoms with Crippen LogP contribution in [0.15, 0.2) is 18.2 Å². The molecule has 0 aromatic carbocycles. The van der Waals surface area contributed by atoms with Crippen LogP contribution >= 0.6 is 0 Å². The van der Waals surface area contributed by atoms with E-state index in [9.17, 15) is 4.79 Å². The highest BCUT2D eigenvalue weighted by molar-refractivity contribution is 5.92. The van der Waals surface area contributed by atoms with Crippen molar-refractivity contribution in [2.24, 2.45) is 0 Å². The lowest BCUT2D eigenvalue weighted by atomic mass is 10.3. The molecule has 1 aliphatic rings. The van der Waals surface area contributed by atoms with E-state index >= 15 is 0 Å². The molecule has 80 valence electrons. The van der Waals surface area contributed by atoms with Gasteiger partial charge in [-0.25, -0.2) is 4.98 Å². The van der Waals surface area contributed by atoms with Gasteiger partial charge in [0.1, 0.15) is 11.5 Å². The largest absolute Gasteiger partial charge is 0.384 e. The Balaban J connectivity index is 2.12. The average Bonchev–Trinajstić information content (AvgIpc) is 2.29. The minimum absolute atomic E-state index is 0.0381. The number of carbonyl (C=O) groups is 1. The summed E-state index contributed by atoms with van der Waals surface area (Å²) in [5, 5.41) is 3.19. The van der Waals surface area contributed by atoms with E-state index in [1.807, 2.05) is 0 Å². The molecule has 0 aliphatic carbocycles. The fourth-order valence-corrected chi connectivity index (χ4v) is 1.60. The van der Waals surface area contributed by atoms with Gasteiger partial charge in [-0.05, 0) is 12.1 Å². The maximum absolute atomic E-state index is 11.9. The molecule has 1 amide bonds. The van der Waals surface area contributed by atoms with Crippen molar-refractivity contribution in [2.45, 2.75) is 0 Å². The van der Waals surface area contributed by atoms with Gasteiger partial charge in [0.05, 0.1) is 0 Å². The highest BCUT2D eigenvalue weighted by Gasteiger charge is 2.18. The molecule has 0 radical (unpaired) electrons. The van der Waals surface area contributed by atoms with E-state index in [2.05, 4.69) is 10.3 Å². The molecule has 0 saturated carbocycles. The maximum atomic E-state index is 11.9. The number of hydrogen-bond acceptors (Lipinski definition) is 4. The lowest BCUT2D eigenvalue weighted by Crippen LogP contribution is -2.46. The Bertz CT molecular complexity index is 360. The summed E-state index contributed by atoms with van der Waals surface area (Å²) < 4.78 is 0. The number of hydrogen-bond donors (Lipinski definition) is 2. The SMILES string of the molecule is Nc1cccc(C(=O)N2CCNCC2)n1. The van der Waals surface area contributed by atoms with Crippen molar-refractivity contribution in [1.29, 1.82) is 0 Å². The zero-order valence-electron chi connectivity index (χ0n) is 8.44. The van der Waals surface area contributed by atoms with E-state index in [-0.39, 0.29) is 5.91 Å². The Morgan fingerprint density at radius 1 is 1.40 bits per heavy atom. The Hall–Kier alpha value is -1.62. The molecule has 0 atom stereocenters. The van der Waals surface area contributed by atoms with Gasteiger partial charge in [-0.15, -0.1) is 0 Å². The van der Waals surface area contributed by atoms with Gasteiger partial charge in [0.15, 0.2) is 0 Å². The average molecular weight is 206 g/mol. The lowest BCUT2D eigenvalue weighted by Gasteiger charge is -2.27. The van der Waals surface area contributed by atoms with E-state index in [1.165, 1.54) is 0 Å². The Morgan fingerprint density at radius 3 is 2.80 bits per heavy atom. The normalized spacial score (nSPS) is 16.4. The van der Waals surface area contributed by atoms with E-state index in [1.54, 1.807) is 23.1 Å². The van der Waals surface area contributed by atoms with Crippen LogP contribution < -0.4 is 11.1 Å². The van der Waals surface area contributed by atoms with Gasteiger partial charge in [0.25, 0.3) is 5.91 Å². The number of carbonyl (C=O) groups excluding carboxylic acids is 1. The number of nitrogens with two attached hydrogens (primary N) is 1. The van der Waals surface area contributed by atoms with Crippen molar-refractivity contribution in [1.82, 2.24) is 15.2 Å². The van der Waals surface area contributed by atoms with Gasteiger partial charge in [0.2, 0.25) is 0 Å². The van der Waals surface area contributed by atoms with E-state index < -0.39 is 0 Å². The minimum atomic E-state index is -0.0381. The molecule has 1 fully saturated rings. The van der Waals surface area contributed by atoms with Crippen molar-refractivity contribution in [2.75, 3.05) is 31.9 Å². The smallest absolute Gasteiger partial charge is 0.272 e. The number of pyridine rings is 1. The molecule has 2 heterocycles. The molecule has 5 heteroatoms. The zero-order chi connectivity index (χ0) is 10.7. The van der Waals surface area contributed by atoms with Crippen LogP contribution in [0.4, 0.5) is 5.82 Å². The summed E-state index contributed by atoms with van der Waals surface area (Å²) in [6, 6.07) is 5.12. The molecule has 5 nitrogen and oxygen atoms in total. The van der Waals surface area contributed by atoms with Gasteiger partial charge in [-0.3, -0.25) is 4.79 Å². The van der Waals surface area contributed by atoms with Crippen LogP contribution in [0.2, 0.25) is 0 Å². The number of anilines is 1. The topological polar surface area (TPSA) is 71.2 Å². The lowest BCUT2D eigenvalue weighted by molar-refractivity contribution is 0.0730. The van der Waals surface area contributed by atoms with Crippen LogP contribution in [0, 0.1) is 0 Å². The first-order valence-electron chi connectivity index (χ1n) is 5.00. The zero-order valence-corrected chi connectivity index (χ0v) is 8.44. The molecule has 3 N–H and O–H groups in total. The van der Waals surface area contributed by atoms with E-state index in [0.717, 1.165) is 26.2 Å². The van der Waals surface area contributed by atoms with Crippen LogP contribution in [0.25, 0.3) is 0 Å². The third-order valence-corrected chi connectivity index (χ3v) is 2.39. The molecule has 1 saturated heterocycles. The van der Waals surface area contributed by atoms with Crippen molar-refractivity contribution >= 4 is 11.7 Å². The number of nitrogen functional groups attached to an aromatic ring is 1. The quantitative estimate of drug-likeness (QED) is 0.662. The number of rotatable bonds is 1. The molecule has 2 rings (SSSR count). The highest BCUT2D eigenvalue weighted by Crippen LogP contribution is 2.05. The third kappa shape index (κ3) is 2.24. The molecule has 15 heavy (non-hydrogen) atoms. The Kier molecular flexibility index (Phi) is 2.82. The number of piperazine rings is 1. The van der Waals surface area contributed by atoms with Crippen LogP contribution in [0.5, 0.6) is 0 Å². The Morgan fingerprint density at radius 2 is 2.13 bits per heavy atom. The summed E-state index contributed by atoms with van der Waals surface area (Å²) in [6.07, 6.45) is 0. The minimum Gasteiger partial charge on any atom is -0.384 e. The van der Waals surface area contributed by atoms with Gasteiger partial charge in [-0.1, -0.05) is 6.07 Å². The van der Waals surface area contributed by atoms with Crippen molar-refractivity contribution in [3.05, 3.63) is 23.9 Å². The first-order chi connectivity index (χ1) is 7.27. The van der Waals surface area contributed by atoms with Crippen LogP contribution in [0.3, 0.4) is 0 Å². The second-order valence-electron chi connectivity index (χ2n) is 3.49. The summed E-state index contributed by atoms with van der Waals surface area (Å²) in [7, 11) is 0. The molecule has 0 spiro atoms. The third-order valence-electron chi connectivity index (χ3n) is 2.39. The number of amides is 1. The molecule has 0 unspecified atom stereocenters. The molecular formula is C10H14N4O. The molecule has 1 aromatic rings. The van der Waals surface area contributed by atoms with E-state index in [4.69, 9.17) is 5.73 Å². The fraction of sp³-hybridized carbons (Fsp3) is 0.400. The molecule has 0 bridgehead atoms. The van der Waals surface area contributed by atoms with Gasteiger partial charge < -0.3 is 16.0 Å². The van der Waals surface area contributed by atoms with E-state index in [0.29, 0.717) is 11.5 Å².